The molecule has 0 aromatic heterocycles. The van der Waals surface area contributed by atoms with E-state index in [0.717, 1.165) is 10.7 Å². The molecule has 2 aliphatic rings. The Labute approximate surface area is 177 Å². The molecule has 0 spiro atoms. The van der Waals surface area contributed by atoms with Crippen LogP contribution < -0.4 is 16.5 Å². The first-order valence-corrected chi connectivity index (χ1v) is 11.5. The number of carboxylic acids is 1. The van der Waals surface area contributed by atoms with Gasteiger partial charge in [-0.2, -0.15) is 17.0 Å². The van der Waals surface area contributed by atoms with Crippen LogP contribution in [0.2, 0.25) is 0 Å². The van der Waals surface area contributed by atoms with Crippen molar-refractivity contribution in [2.24, 2.45) is 5.73 Å². The lowest BCUT2D eigenvalue weighted by Gasteiger charge is -2.39. The standard InChI is InChI=1S/C18H29BN4O6S/c1-2-3-7-23(15-9-21-10-15)30(28,29)22-11-16(18(20,12-22)17(24)25)13-5-4-6-14(8-13)19(26)27/h4-6,8,15-16,21,26-27H,2-3,7,9-12,20H2,1H3,(H,24,25)/t16-,18+/m1/s1. The molecule has 0 unspecified atom stereocenters. The summed E-state index contributed by atoms with van der Waals surface area (Å²) in [5, 5.41) is 31.8. The van der Waals surface area contributed by atoms with Crippen molar-refractivity contribution in [2.75, 3.05) is 32.7 Å². The first kappa shape index (κ1) is 23.1. The predicted octanol–water partition coefficient (Wildman–Crippen LogP) is -2.13. The molecule has 2 saturated heterocycles. The number of carboxylic acid groups (broad SMARTS) is 1. The fourth-order valence-corrected chi connectivity index (χ4v) is 5.89. The molecule has 1 aromatic rings. The molecule has 0 radical (unpaired) electrons. The highest BCUT2D eigenvalue weighted by Crippen LogP contribution is 2.37. The molecular formula is C18H29BN4O6S. The summed E-state index contributed by atoms with van der Waals surface area (Å²) in [6.07, 6.45) is 1.54. The Bertz CT molecular complexity index is 881. The number of hydrogen-bond acceptors (Lipinski definition) is 7. The minimum atomic E-state index is -3.92. The largest absolute Gasteiger partial charge is 0.488 e. The molecule has 30 heavy (non-hydrogen) atoms. The smallest absolute Gasteiger partial charge is 0.480 e. The molecule has 2 heterocycles. The van der Waals surface area contributed by atoms with Crippen LogP contribution in [0.4, 0.5) is 0 Å². The molecular weight excluding hydrogens is 411 g/mol. The second kappa shape index (κ2) is 8.91. The van der Waals surface area contributed by atoms with Crippen molar-refractivity contribution in [1.29, 1.82) is 0 Å². The third-order valence-electron chi connectivity index (χ3n) is 5.98. The van der Waals surface area contributed by atoms with E-state index in [4.69, 9.17) is 5.73 Å². The number of rotatable bonds is 9. The minimum absolute atomic E-state index is 0.0983. The highest BCUT2D eigenvalue weighted by Gasteiger charge is 2.54. The summed E-state index contributed by atoms with van der Waals surface area (Å²) in [6.45, 7) is 3.01. The van der Waals surface area contributed by atoms with Crippen LogP contribution in [0.1, 0.15) is 31.2 Å². The molecule has 0 amide bonds. The third-order valence-corrected chi connectivity index (χ3v) is 7.98. The molecule has 2 aliphatic heterocycles. The number of carbonyl (C=O) groups is 1. The van der Waals surface area contributed by atoms with Gasteiger partial charge in [0.05, 0.1) is 6.04 Å². The van der Waals surface area contributed by atoms with Gasteiger partial charge >= 0.3 is 13.1 Å². The Morgan fingerprint density at radius 1 is 1.40 bits per heavy atom. The van der Waals surface area contributed by atoms with E-state index >= 15 is 0 Å². The summed E-state index contributed by atoms with van der Waals surface area (Å²) in [5.74, 6) is -2.14. The fourth-order valence-electron chi connectivity index (χ4n) is 3.99. The monoisotopic (exact) mass is 440 g/mol. The molecule has 2 fully saturated rings. The van der Waals surface area contributed by atoms with Gasteiger partial charge in [0, 0.05) is 38.6 Å². The van der Waals surface area contributed by atoms with E-state index in [1.54, 1.807) is 12.1 Å². The maximum absolute atomic E-state index is 13.4. The number of unbranched alkanes of at least 4 members (excludes halogenated alkanes) is 1. The average Bonchev–Trinajstić information content (AvgIpc) is 3.03. The van der Waals surface area contributed by atoms with Crippen molar-refractivity contribution in [3.63, 3.8) is 0 Å². The van der Waals surface area contributed by atoms with Gasteiger partial charge in [-0.05, 0) is 17.4 Å². The number of nitrogens with one attached hydrogen (secondary N) is 1. The molecule has 10 nitrogen and oxygen atoms in total. The summed E-state index contributed by atoms with van der Waals surface area (Å²) >= 11 is 0. The summed E-state index contributed by atoms with van der Waals surface area (Å²) in [6, 6.07) is 5.98. The van der Waals surface area contributed by atoms with Gasteiger partial charge in [0.15, 0.2) is 0 Å². The zero-order chi connectivity index (χ0) is 22.1. The molecule has 6 N–H and O–H groups in total. The van der Waals surface area contributed by atoms with Crippen LogP contribution in [0.25, 0.3) is 0 Å². The van der Waals surface area contributed by atoms with Crippen molar-refractivity contribution >= 4 is 28.8 Å². The van der Waals surface area contributed by atoms with E-state index in [9.17, 15) is 28.4 Å². The normalized spacial score (nSPS) is 25.4. The van der Waals surface area contributed by atoms with Gasteiger partial charge < -0.3 is 26.2 Å². The Morgan fingerprint density at radius 2 is 2.10 bits per heavy atom. The minimum Gasteiger partial charge on any atom is -0.480 e. The first-order valence-electron chi connectivity index (χ1n) is 10.1. The molecule has 166 valence electrons. The number of nitrogens with zero attached hydrogens (tertiary/aromatic N) is 2. The summed E-state index contributed by atoms with van der Waals surface area (Å²) in [4.78, 5) is 12.1. The number of hydrogen-bond donors (Lipinski definition) is 5. The second-order valence-electron chi connectivity index (χ2n) is 8.02. The Morgan fingerprint density at radius 3 is 2.63 bits per heavy atom. The van der Waals surface area contributed by atoms with Crippen LogP contribution in [0.3, 0.4) is 0 Å². The van der Waals surface area contributed by atoms with Gasteiger partial charge in [0.1, 0.15) is 5.54 Å². The second-order valence-corrected chi connectivity index (χ2v) is 9.90. The Hall–Kier alpha value is -1.54. The molecule has 0 saturated carbocycles. The van der Waals surface area contributed by atoms with Gasteiger partial charge in [-0.1, -0.05) is 37.6 Å². The zero-order valence-corrected chi connectivity index (χ0v) is 17.8. The lowest BCUT2D eigenvalue weighted by Crippen LogP contribution is -2.61. The van der Waals surface area contributed by atoms with Crippen molar-refractivity contribution < 1.29 is 28.4 Å². The highest BCUT2D eigenvalue weighted by molar-refractivity contribution is 7.86. The number of benzene rings is 1. The van der Waals surface area contributed by atoms with E-state index in [0.29, 0.717) is 31.6 Å². The van der Waals surface area contributed by atoms with Gasteiger partial charge in [-0.15, -0.1) is 0 Å². The van der Waals surface area contributed by atoms with E-state index in [1.807, 2.05) is 6.92 Å². The van der Waals surface area contributed by atoms with Crippen molar-refractivity contribution in [3.8, 4) is 0 Å². The molecule has 1 aromatic carbocycles. The van der Waals surface area contributed by atoms with Crippen molar-refractivity contribution in [1.82, 2.24) is 13.9 Å². The summed E-state index contributed by atoms with van der Waals surface area (Å²) in [7, 11) is -5.64. The molecule has 2 atom stereocenters. The third kappa shape index (κ3) is 4.26. The van der Waals surface area contributed by atoms with E-state index in [-0.39, 0.29) is 24.6 Å². The van der Waals surface area contributed by atoms with Crippen molar-refractivity contribution in [2.45, 2.75) is 37.3 Å². The first-order chi connectivity index (χ1) is 14.1. The van der Waals surface area contributed by atoms with E-state index < -0.39 is 34.8 Å². The topological polar surface area (TPSA) is 156 Å². The van der Waals surface area contributed by atoms with Gasteiger partial charge in [-0.25, -0.2) is 0 Å². The average molecular weight is 440 g/mol. The lowest BCUT2D eigenvalue weighted by atomic mass is 9.76. The predicted molar refractivity (Wildman–Crippen MR) is 112 cm³/mol. The van der Waals surface area contributed by atoms with Crippen LogP contribution in [0, 0.1) is 0 Å². The molecule has 0 aliphatic carbocycles. The lowest BCUT2D eigenvalue weighted by molar-refractivity contribution is -0.143. The highest BCUT2D eigenvalue weighted by atomic mass is 32.2. The molecule has 0 bridgehead atoms. The van der Waals surface area contributed by atoms with Crippen LogP contribution in [0.15, 0.2) is 24.3 Å². The van der Waals surface area contributed by atoms with Gasteiger partial charge in [-0.3, -0.25) is 4.79 Å². The van der Waals surface area contributed by atoms with Crippen LogP contribution in [-0.4, -0.2) is 89.6 Å². The Kier molecular flexibility index (Phi) is 6.87. The molecule has 3 rings (SSSR count). The fraction of sp³-hybridized carbons (Fsp3) is 0.611. The van der Waals surface area contributed by atoms with Crippen LogP contribution in [0.5, 0.6) is 0 Å². The van der Waals surface area contributed by atoms with Crippen molar-refractivity contribution in [3.05, 3.63) is 29.8 Å². The maximum atomic E-state index is 13.4. The van der Waals surface area contributed by atoms with Gasteiger partial charge in [0.25, 0.3) is 10.2 Å². The number of nitrogens with two attached hydrogens (primary N) is 1. The Balaban J connectivity index is 1.94. The van der Waals surface area contributed by atoms with Crippen LogP contribution in [-0.2, 0) is 15.0 Å². The van der Waals surface area contributed by atoms with Gasteiger partial charge in [0.2, 0.25) is 0 Å². The summed E-state index contributed by atoms with van der Waals surface area (Å²) in [5.41, 5.74) is 5.06. The zero-order valence-electron chi connectivity index (χ0n) is 16.9. The molecule has 12 heteroatoms. The van der Waals surface area contributed by atoms with Crippen LogP contribution >= 0.6 is 0 Å². The van der Waals surface area contributed by atoms with E-state index in [2.05, 4.69) is 5.32 Å². The summed E-state index contributed by atoms with van der Waals surface area (Å²) < 4.78 is 29.5. The number of aliphatic carboxylic acids is 1. The quantitative estimate of drug-likeness (QED) is 0.273. The maximum Gasteiger partial charge on any atom is 0.488 e. The van der Waals surface area contributed by atoms with E-state index in [1.165, 1.54) is 16.4 Å². The SMILES string of the molecule is CCCCN(C1CNC1)S(=O)(=O)N1C[C@H](c2cccc(B(O)O)c2)[C@](N)(C(=O)O)C1.